The molecular formula is C11H17Br. The molecule has 0 spiro atoms. The van der Waals surface area contributed by atoms with Crippen LogP contribution in [0, 0.1) is 0 Å². The van der Waals surface area contributed by atoms with Crippen LogP contribution >= 0.6 is 15.9 Å². The van der Waals surface area contributed by atoms with Crippen LogP contribution in [0.2, 0.25) is 0 Å². The van der Waals surface area contributed by atoms with E-state index < -0.39 is 0 Å². The Hall–Kier alpha value is -0.300. The predicted molar refractivity (Wildman–Crippen MR) is 59.6 cm³/mol. The van der Waals surface area contributed by atoms with Gasteiger partial charge in [-0.15, -0.1) is 0 Å². The van der Waals surface area contributed by atoms with Crippen molar-refractivity contribution in [3.63, 3.8) is 0 Å². The summed E-state index contributed by atoms with van der Waals surface area (Å²) in [7, 11) is 0. The van der Waals surface area contributed by atoms with Gasteiger partial charge in [0.25, 0.3) is 0 Å². The third-order valence-corrected chi connectivity index (χ3v) is 2.24. The van der Waals surface area contributed by atoms with E-state index in [1.165, 1.54) is 5.56 Å². The van der Waals surface area contributed by atoms with Crippen LogP contribution in [0.1, 0.15) is 33.8 Å². The van der Waals surface area contributed by atoms with Crippen molar-refractivity contribution in [1.82, 2.24) is 0 Å². The molecule has 0 bridgehead atoms. The molecule has 0 unspecified atom stereocenters. The molecule has 12 heavy (non-hydrogen) atoms. The largest absolute Gasteiger partial charge is 0.0776 e. The van der Waals surface area contributed by atoms with Crippen molar-refractivity contribution in [3.05, 3.63) is 34.3 Å². The van der Waals surface area contributed by atoms with E-state index in [1.54, 1.807) is 0 Å². The van der Waals surface area contributed by atoms with Crippen molar-refractivity contribution < 1.29 is 0 Å². The monoisotopic (exact) mass is 228 g/mol. The average molecular weight is 229 g/mol. The zero-order valence-corrected chi connectivity index (χ0v) is 8.77. The number of hydrogen-bond donors (Lipinski definition) is 0. The van der Waals surface area contributed by atoms with Gasteiger partial charge in [-0.2, -0.15) is 0 Å². The Morgan fingerprint density at radius 2 is 1.42 bits per heavy atom. The first-order valence-corrected chi connectivity index (χ1v) is 4.55. The molecule has 68 valence electrons. The van der Waals surface area contributed by atoms with Gasteiger partial charge in [-0.25, -0.2) is 0 Å². The lowest BCUT2D eigenvalue weighted by molar-refractivity contribution is 0.590. The van der Waals surface area contributed by atoms with Crippen LogP contribution in [0.15, 0.2) is 28.7 Å². The van der Waals surface area contributed by atoms with Gasteiger partial charge >= 0.3 is 0 Å². The molecule has 0 saturated heterocycles. The van der Waals surface area contributed by atoms with E-state index in [4.69, 9.17) is 0 Å². The predicted octanol–water partition coefficient (Wildman–Crippen LogP) is 4.38. The molecule has 0 radical (unpaired) electrons. The summed E-state index contributed by atoms with van der Waals surface area (Å²) in [6, 6.07) is 8.48. The summed E-state index contributed by atoms with van der Waals surface area (Å²) < 4.78 is 1.14. The third-order valence-electron chi connectivity index (χ3n) is 1.71. The lowest BCUT2D eigenvalue weighted by atomic mass is 9.87. The Bertz CT molecular complexity index is 228. The third kappa shape index (κ3) is 2.98. The van der Waals surface area contributed by atoms with Gasteiger partial charge in [0.15, 0.2) is 0 Å². The van der Waals surface area contributed by atoms with E-state index in [2.05, 4.69) is 61.0 Å². The van der Waals surface area contributed by atoms with E-state index in [0.717, 1.165) is 4.47 Å². The van der Waals surface area contributed by atoms with Crippen LogP contribution in [0.3, 0.4) is 0 Å². The minimum atomic E-state index is 0. The fraction of sp³-hybridized carbons (Fsp3) is 0.455. The zero-order chi connectivity index (χ0) is 8.48. The van der Waals surface area contributed by atoms with E-state index >= 15 is 0 Å². The Morgan fingerprint density at radius 3 is 1.75 bits per heavy atom. The van der Waals surface area contributed by atoms with Gasteiger partial charge in [-0.3, -0.25) is 0 Å². The zero-order valence-electron chi connectivity index (χ0n) is 7.19. The van der Waals surface area contributed by atoms with E-state index in [9.17, 15) is 0 Å². The Morgan fingerprint density at radius 1 is 1.00 bits per heavy atom. The molecule has 1 rings (SSSR count). The quantitative estimate of drug-likeness (QED) is 0.619. The van der Waals surface area contributed by atoms with Gasteiger partial charge < -0.3 is 0 Å². The molecule has 0 atom stereocenters. The van der Waals surface area contributed by atoms with Crippen LogP contribution in [0.4, 0.5) is 0 Å². The maximum Gasteiger partial charge on any atom is 0.0175 e. The van der Waals surface area contributed by atoms with Gasteiger partial charge in [-0.05, 0) is 23.1 Å². The van der Waals surface area contributed by atoms with Gasteiger partial charge in [0.05, 0.1) is 0 Å². The first kappa shape index (κ1) is 11.7. The molecule has 0 nitrogen and oxygen atoms in total. The molecule has 0 aliphatic carbocycles. The highest BCUT2D eigenvalue weighted by Gasteiger charge is 2.12. The minimum absolute atomic E-state index is 0. The summed E-state index contributed by atoms with van der Waals surface area (Å²) in [6.07, 6.45) is 0. The Labute approximate surface area is 84.1 Å². The van der Waals surface area contributed by atoms with Crippen molar-refractivity contribution >= 4 is 15.9 Å². The van der Waals surface area contributed by atoms with Gasteiger partial charge in [0, 0.05) is 4.47 Å². The second-order valence-electron chi connectivity index (χ2n) is 3.76. The smallest absolute Gasteiger partial charge is 0.0175 e. The van der Waals surface area contributed by atoms with Gasteiger partial charge in [0.1, 0.15) is 0 Å². The van der Waals surface area contributed by atoms with Crippen molar-refractivity contribution in [2.24, 2.45) is 0 Å². The van der Waals surface area contributed by atoms with Crippen LogP contribution in [-0.4, -0.2) is 0 Å². The topological polar surface area (TPSA) is 0 Å². The summed E-state index contributed by atoms with van der Waals surface area (Å²) in [5, 5.41) is 0. The summed E-state index contributed by atoms with van der Waals surface area (Å²) in [4.78, 5) is 0. The number of rotatable bonds is 0. The average Bonchev–Trinajstić information content (AvgIpc) is 1.86. The molecule has 0 fully saturated rings. The van der Waals surface area contributed by atoms with E-state index in [1.807, 2.05) is 0 Å². The summed E-state index contributed by atoms with van der Waals surface area (Å²) in [6.45, 7) is 6.66. The van der Waals surface area contributed by atoms with Crippen molar-refractivity contribution in [2.75, 3.05) is 0 Å². The molecule has 1 aromatic rings. The van der Waals surface area contributed by atoms with E-state index in [-0.39, 0.29) is 12.8 Å². The summed E-state index contributed by atoms with van der Waals surface area (Å²) in [5.74, 6) is 0. The van der Waals surface area contributed by atoms with Crippen molar-refractivity contribution in [1.29, 1.82) is 0 Å². The molecule has 0 aromatic heterocycles. The summed E-state index contributed by atoms with van der Waals surface area (Å²) in [5.41, 5.74) is 1.64. The fourth-order valence-corrected chi connectivity index (χ4v) is 1.21. The Kier molecular flexibility index (Phi) is 3.98. The molecule has 0 amide bonds. The summed E-state index contributed by atoms with van der Waals surface area (Å²) >= 11 is 3.41. The first-order chi connectivity index (χ1) is 5.00. The second-order valence-corrected chi connectivity index (χ2v) is 4.67. The van der Waals surface area contributed by atoms with Crippen LogP contribution < -0.4 is 0 Å². The normalized spacial score (nSPS) is 10.7. The lowest BCUT2D eigenvalue weighted by Crippen LogP contribution is -2.10. The number of hydrogen-bond acceptors (Lipinski definition) is 0. The molecule has 1 aromatic carbocycles. The minimum Gasteiger partial charge on any atom is -0.0776 e. The number of benzene rings is 1. The highest BCUT2D eigenvalue weighted by molar-refractivity contribution is 9.10. The molecular weight excluding hydrogens is 212 g/mol. The Balaban J connectivity index is 0.00000121. The standard InChI is InChI=1S/C10H13Br.CH4/c1-10(2,3)8-4-6-9(11)7-5-8;/h4-7H,1-3H3;1H4. The van der Waals surface area contributed by atoms with Crippen LogP contribution in [-0.2, 0) is 5.41 Å². The van der Waals surface area contributed by atoms with Crippen molar-refractivity contribution in [2.45, 2.75) is 33.6 Å². The van der Waals surface area contributed by atoms with Crippen molar-refractivity contribution in [3.8, 4) is 0 Å². The molecule has 1 heteroatoms. The van der Waals surface area contributed by atoms with Gasteiger partial charge in [-0.1, -0.05) is 56.3 Å². The molecule has 0 N–H and O–H groups in total. The fourth-order valence-electron chi connectivity index (χ4n) is 0.950. The second kappa shape index (κ2) is 4.08. The first-order valence-electron chi connectivity index (χ1n) is 3.76. The maximum atomic E-state index is 3.41. The SMILES string of the molecule is C.CC(C)(C)c1ccc(Br)cc1. The maximum absolute atomic E-state index is 3.41. The molecule has 0 saturated carbocycles. The lowest BCUT2D eigenvalue weighted by Gasteiger charge is -2.18. The molecule has 0 heterocycles. The molecule has 0 aliphatic rings. The number of halogens is 1. The highest BCUT2D eigenvalue weighted by Crippen LogP contribution is 2.23. The van der Waals surface area contributed by atoms with E-state index in [0.29, 0.717) is 0 Å². The molecule has 0 aliphatic heterocycles. The van der Waals surface area contributed by atoms with Crippen LogP contribution in [0.25, 0.3) is 0 Å². The van der Waals surface area contributed by atoms with Crippen LogP contribution in [0.5, 0.6) is 0 Å². The van der Waals surface area contributed by atoms with Gasteiger partial charge in [0.2, 0.25) is 0 Å². The highest BCUT2D eigenvalue weighted by atomic mass is 79.9.